The summed E-state index contributed by atoms with van der Waals surface area (Å²) in [6, 6.07) is 6.21. The highest BCUT2D eigenvalue weighted by atomic mass is 32.2. The van der Waals surface area contributed by atoms with Crippen molar-refractivity contribution in [3.05, 3.63) is 34.4 Å². The lowest BCUT2D eigenvalue weighted by Gasteiger charge is -1.97. The first-order valence-corrected chi connectivity index (χ1v) is 4.18. The van der Waals surface area contributed by atoms with Crippen LogP contribution < -0.4 is 0 Å². The predicted molar refractivity (Wildman–Crippen MR) is 44.5 cm³/mol. The van der Waals surface area contributed by atoms with Crippen LogP contribution in [0, 0.1) is 10.1 Å². The predicted octanol–water partition coefficient (Wildman–Crippen LogP) is 2.07. The lowest BCUT2D eigenvalue weighted by molar-refractivity contribution is -0.387. The molecule has 0 saturated carbocycles. The Bertz CT molecular complexity index is 290. The second-order valence-electron chi connectivity index (χ2n) is 1.99. The first-order valence-electron chi connectivity index (χ1n) is 3.20. The molecule has 12 heavy (non-hydrogen) atoms. The summed E-state index contributed by atoms with van der Waals surface area (Å²) >= 11 is 0.933. The van der Waals surface area contributed by atoms with Gasteiger partial charge in [0.15, 0.2) is 0 Å². The molecule has 1 radical (unpaired) electrons. The van der Waals surface area contributed by atoms with Crippen LogP contribution in [0.15, 0.2) is 29.2 Å². The van der Waals surface area contributed by atoms with Crippen molar-refractivity contribution < 1.29 is 10.0 Å². The molecule has 0 aliphatic carbocycles. The molecule has 5 heteroatoms. The second kappa shape index (κ2) is 4.08. The van der Waals surface area contributed by atoms with Gasteiger partial charge in [-0.3, -0.25) is 10.1 Å². The van der Waals surface area contributed by atoms with E-state index in [1.807, 2.05) is 0 Å². The normalized spacial score (nSPS) is 9.75. The fraction of sp³-hybridized carbons (Fsp3) is 0.143. The van der Waals surface area contributed by atoms with Crippen LogP contribution in [0.3, 0.4) is 0 Å². The number of hydrogen-bond acceptors (Lipinski definition) is 3. The molecule has 0 heterocycles. The summed E-state index contributed by atoms with van der Waals surface area (Å²) in [5, 5.41) is 20.6. The van der Waals surface area contributed by atoms with Crippen LogP contribution in [0.1, 0.15) is 0 Å². The summed E-state index contributed by atoms with van der Waals surface area (Å²) in [6.07, 6.45) is 0. The minimum atomic E-state index is -0.488. The fourth-order valence-corrected chi connectivity index (χ4v) is 1.39. The standard InChI is InChI=1S/C7H6NO3S/c9-5-12-7-4-2-1-3-6(7)8(10)11/h1-4H,5H2. The Morgan fingerprint density at radius 2 is 2.08 bits per heavy atom. The lowest BCUT2D eigenvalue weighted by Crippen LogP contribution is -1.90. The Labute approximate surface area is 73.4 Å². The molecule has 0 saturated heterocycles. The molecule has 1 rings (SSSR count). The van der Waals surface area contributed by atoms with Crippen LogP contribution in [0.2, 0.25) is 0 Å². The second-order valence-corrected chi connectivity index (χ2v) is 2.95. The van der Waals surface area contributed by atoms with Crippen LogP contribution in [-0.2, 0) is 5.11 Å². The molecular formula is C7H6NO3S. The molecule has 0 aliphatic heterocycles. The summed E-state index contributed by atoms with van der Waals surface area (Å²) < 4.78 is 0. The van der Waals surface area contributed by atoms with Crippen molar-refractivity contribution in [1.29, 1.82) is 0 Å². The zero-order valence-electron chi connectivity index (χ0n) is 6.10. The van der Waals surface area contributed by atoms with E-state index >= 15 is 0 Å². The van der Waals surface area contributed by atoms with E-state index in [0.29, 0.717) is 4.90 Å². The van der Waals surface area contributed by atoms with Crippen molar-refractivity contribution in [2.75, 3.05) is 5.94 Å². The van der Waals surface area contributed by atoms with Crippen LogP contribution in [0.5, 0.6) is 0 Å². The van der Waals surface area contributed by atoms with Gasteiger partial charge in [0.05, 0.1) is 9.82 Å². The first kappa shape index (κ1) is 9.02. The minimum absolute atomic E-state index is 0.00153. The zero-order valence-corrected chi connectivity index (χ0v) is 6.91. The number of benzene rings is 1. The van der Waals surface area contributed by atoms with Gasteiger partial charge in [0, 0.05) is 6.07 Å². The Balaban J connectivity index is 3.00. The van der Waals surface area contributed by atoms with Gasteiger partial charge in [-0.2, -0.15) is 0 Å². The molecule has 0 aliphatic rings. The van der Waals surface area contributed by atoms with Gasteiger partial charge in [0.25, 0.3) is 5.69 Å². The summed E-state index contributed by atoms with van der Waals surface area (Å²) in [6.45, 7) is 0. The highest BCUT2D eigenvalue weighted by Gasteiger charge is 2.11. The molecule has 0 amide bonds. The molecule has 1 aromatic carbocycles. The molecule has 4 nitrogen and oxygen atoms in total. The molecule has 0 bridgehead atoms. The molecule has 0 atom stereocenters. The van der Waals surface area contributed by atoms with Crippen molar-refractivity contribution in [2.24, 2.45) is 0 Å². The zero-order chi connectivity index (χ0) is 8.97. The number of nitro benzene ring substituents is 1. The average molecular weight is 184 g/mol. The van der Waals surface area contributed by atoms with Gasteiger partial charge in [0.1, 0.15) is 5.94 Å². The molecule has 0 unspecified atom stereocenters. The maximum atomic E-state index is 10.4. The van der Waals surface area contributed by atoms with E-state index in [9.17, 15) is 15.2 Å². The van der Waals surface area contributed by atoms with Gasteiger partial charge < -0.3 is 0 Å². The number of hydrogen-bond donors (Lipinski definition) is 0. The van der Waals surface area contributed by atoms with E-state index in [-0.39, 0.29) is 5.69 Å². The van der Waals surface area contributed by atoms with E-state index in [4.69, 9.17) is 0 Å². The lowest BCUT2D eigenvalue weighted by atomic mass is 10.3. The summed E-state index contributed by atoms with van der Waals surface area (Å²) in [5.41, 5.74) is -0.00153. The van der Waals surface area contributed by atoms with E-state index in [1.165, 1.54) is 6.07 Å². The highest BCUT2D eigenvalue weighted by molar-refractivity contribution is 7.99. The molecule has 0 fully saturated rings. The SMILES string of the molecule is [O]CSc1ccccc1[N+](=O)[O-]. The van der Waals surface area contributed by atoms with Gasteiger partial charge >= 0.3 is 0 Å². The molecule has 0 aromatic heterocycles. The Morgan fingerprint density at radius 1 is 1.42 bits per heavy atom. The number of nitro groups is 1. The van der Waals surface area contributed by atoms with Crippen molar-refractivity contribution in [3.8, 4) is 0 Å². The largest absolute Gasteiger partial charge is 0.282 e. The number of thioether (sulfide) groups is 1. The first-order chi connectivity index (χ1) is 5.75. The monoisotopic (exact) mass is 184 g/mol. The number of nitrogens with zero attached hydrogens (tertiary/aromatic N) is 1. The van der Waals surface area contributed by atoms with Crippen LogP contribution in [0.25, 0.3) is 0 Å². The third-order valence-electron chi connectivity index (χ3n) is 1.28. The fourth-order valence-electron chi connectivity index (χ4n) is 0.794. The Hall–Kier alpha value is -1.07. The number of rotatable bonds is 3. The molecule has 63 valence electrons. The van der Waals surface area contributed by atoms with Crippen LogP contribution >= 0.6 is 11.8 Å². The highest BCUT2D eigenvalue weighted by Crippen LogP contribution is 2.27. The molecule has 0 N–H and O–H groups in total. The van der Waals surface area contributed by atoms with E-state index in [2.05, 4.69) is 0 Å². The topological polar surface area (TPSA) is 63.0 Å². The van der Waals surface area contributed by atoms with Gasteiger partial charge in [-0.25, -0.2) is 5.11 Å². The third kappa shape index (κ3) is 1.96. The van der Waals surface area contributed by atoms with E-state index in [1.54, 1.807) is 18.2 Å². The maximum Gasteiger partial charge on any atom is 0.282 e. The third-order valence-corrected chi connectivity index (χ3v) is 2.05. The smallest absolute Gasteiger partial charge is 0.258 e. The molecular weight excluding hydrogens is 178 g/mol. The van der Waals surface area contributed by atoms with Crippen molar-refractivity contribution >= 4 is 17.4 Å². The molecule has 0 spiro atoms. The maximum absolute atomic E-state index is 10.4. The van der Waals surface area contributed by atoms with Crippen molar-refractivity contribution in [3.63, 3.8) is 0 Å². The van der Waals surface area contributed by atoms with E-state index in [0.717, 1.165) is 11.8 Å². The summed E-state index contributed by atoms with van der Waals surface area (Å²) in [5.74, 6) is -0.398. The van der Waals surface area contributed by atoms with Crippen molar-refractivity contribution in [1.82, 2.24) is 0 Å². The van der Waals surface area contributed by atoms with E-state index < -0.39 is 10.9 Å². The van der Waals surface area contributed by atoms with Crippen LogP contribution in [0.4, 0.5) is 5.69 Å². The summed E-state index contributed by atoms with van der Waals surface area (Å²) in [4.78, 5) is 10.3. The molecule has 1 aromatic rings. The van der Waals surface area contributed by atoms with Gasteiger partial charge in [-0.05, 0) is 6.07 Å². The van der Waals surface area contributed by atoms with Crippen LogP contribution in [-0.4, -0.2) is 10.9 Å². The Morgan fingerprint density at radius 3 is 2.67 bits per heavy atom. The van der Waals surface area contributed by atoms with Gasteiger partial charge in [-0.1, -0.05) is 23.9 Å². The minimum Gasteiger partial charge on any atom is -0.258 e. The van der Waals surface area contributed by atoms with Gasteiger partial charge in [0.2, 0.25) is 0 Å². The quantitative estimate of drug-likeness (QED) is 0.312. The van der Waals surface area contributed by atoms with Crippen molar-refractivity contribution in [2.45, 2.75) is 4.90 Å². The summed E-state index contributed by atoms with van der Waals surface area (Å²) in [7, 11) is 0. The Kier molecular flexibility index (Phi) is 3.07. The average Bonchev–Trinajstić information content (AvgIpc) is 2.05. The number of para-hydroxylation sites is 1. The van der Waals surface area contributed by atoms with Gasteiger partial charge in [-0.15, -0.1) is 0 Å².